The molecule has 19 heavy (non-hydrogen) atoms. The van der Waals surface area contributed by atoms with E-state index < -0.39 is 23.2 Å². The molecule has 0 heterocycles. The number of phenols is 1. The molecule has 0 saturated carbocycles. The van der Waals surface area contributed by atoms with Gasteiger partial charge in [-0.2, -0.15) is 0 Å². The Hall–Kier alpha value is -0.850. The van der Waals surface area contributed by atoms with Crippen LogP contribution in [0.15, 0.2) is 16.6 Å². The van der Waals surface area contributed by atoms with Crippen molar-refractivity contribution in [2.45, 2.75) is 19.9 Å². The van der Waals surface area contributed by atoms with Crippen LogP contribution in [0.25, 0.3) is 0 Å². The maximum Gasteiger partial charge on any atom is 0.313 e. The Morgan fingerprint density at radius 3 is 2.53 bits per heavy atom. The van der Waals surface area contributed by atoms with E-state index in [1.165, 1.54) is 19.2 Å². The highest BCUT2D eigenvalue weighted by atomic mass is 79.9. The summed E-state index contributed by atoms with van der Waals surface area (Å²) in [5.74, 6) is -1.41. The number of halogens is 3. The number of nitrogens with two attached hydrogens (primary N) is 1. The van der Waals surface area contributed by atoms with Gasteiger partial charge >= 0.3 is 5.97 Å². The topological polar surface area (TPSA) is 72.5 Å². The summed E-state index contributed by atoms with van der Waals surface area (Å²) in [6.07, 6.45) is 0. The summed E-state index contributed by atoms with van der Waals surface area (Å²) in [6.45, 7) is 3.19. The first-order valence-corrected chi connectivity index (χ1v) is 6.03. The summed E-state index contributed by atoms with van der Waals surface area (Å²) in [5.41, 5.74) is 5.20. The van der Waals surface area contributed by atoms with Gasteiger partial charge in [0.05, 0.1) is 17.0 Å². The van der Waals surface area contributed by atoms with Gasteiger partial charge in [0.25, 0.3) is 0 Å². The average Bonchev–Trinajstić information content (AvgIpc) is 2.34. The molecule has 0 saturated heterocycles. The summed E-state index contributed by atoms with van der Waals surface area (Å²) < 4.78 is 17.8. The largest absolute Gasteiger partial charge is 0.506 e. The highest BCUT2D eigenvalue weighted by Gasteiger charge is 2.38. The molecular formula is C12H16BrClFNO3. The fourth-order valence-electron chi connectivity index (χ4n) is 1.58. The molecule has 0 spiro atoms. The lowest BCUT2D eigenvalue weighted by Gasteiger charge is -2.29. The number of hydrogen-bond donors (Lipinski definition) is 2. The number of phenolic OH excluding ortho intramolecular Hbond substituents is 1. The minimum absolute atomic E-state index is 0. The van der Waals surface area contributed by atoms with Crippen LogP contribution >= 0.6 is 28.3 Å². The van der Waals surface area contributed by atoms with Crippen LogP contribution in [-0.4, -0.2) is 18.2 Å². The van der Waals surface area contributed by atoms with Crippen molar-refractivity contribution >= 4 is 34.3 Å². The lowest BCUT2D eigenvalue weighted by Crippen LogP contribution is -2.37. The van der Waals surface area contributed by atoms with Gasteiger partial charge in [0.1, 0.15) is 11.6 Å². The van der Waals surface area contributed by atoms with Crippen molar-refractivity contribution < 1.29 is 19.0 Å². The Labute approximate surface area is 125 Å². The summed E-state index contributed by atoms with van der Waals surface area (Å²) >= 11 is 2.92. The van der Waals surface area contributed by atoms with Crippen molar-refractivity contribution in [1.29, 1.82) is 0 Å². The SMILES string of the molecule is COC(=O)C(C)(C)[C@@H](N)c1ccc(F)c(Br)c1O.Cl. The predicted molar refractivity (Wildman–Crippen MR) is 75.7 cm³/mol. The van der Waals surface area contributed by atoms with Crippen LogP contribution in [0.1, 0.15) is 25.5 Å². The van der Waals surface area contributed by atoms with Gasteiger partial charge in [-0.05, 0) is 35.8 Å². The number of ether oxygens (including phenoxy) is 1. The molecule has 7 heteroatoms. The van der Waals surface area contributed by atoms with E-state index in [1.54, 1.807) is 13.8 Å². The van der Waals surface area contributed by atoms with Gasteiger partial charge in [0, 0.05) is 11.6 Å². The maximum atomic E-state index is 13.2. The van der Waals surface area contributed by atoms with E-state index in [-0.39, 0.29) is 28.2 Å². The van der Waals surface area contributed by atoms with Crippen molar-refractivity contribution in [3.8, 4) is 5.75 Å². The molecular weight excluding hydrogens is 340 g/mol. The van der Waals surface area contributed by atoms with Gasteiger partial charge in [-0.15, -0.1) is 12.4 Å². The standard InChI is InChI=1S/C12H15BrFNO3.ClH/c1-12(2,11(17)18-3)10(15)6-4-5-7(14)8(13)9(6)16;/h4-5,10,16H,15H2,1-3H3;1H/t10-;/m0./s1. The van der Waals surface area contributed by atoms with Gasteiger partial charge in [0.2, 0.25) is 0 Å². The minimum atomic E-state index is -1.04. The van der Waals surface area contributed by atoms with Crippen molar-refractivity contribution in [2.75, 3.05) is 7.11 Å². The molecule has 1 aromatic rings. The van der Waals surface area contributed by atoms with Crippen LogP contribution in [0.3, 0.4) is 0 Å². The van der Waals surface area contributed by atoms with Crippen LogP contribution in [-0.2, 0) is 9.53 Å². The Kier molecular flexibility index (Phi) is 6.25. The molecule has 0 unspecified atom stereocenters. The summed E-state index contributed by atoms with van der Waals surface area (Å²) in [7, 11) is 1.26. The Bertz CT molecular complexity index is 482. The average molecular weight is 357 g/mol. The fraction of sp³-hybridized carbons (Fsp3) is 0.417. The Morgan fingerprint density at radius 2 is 2.05 bits per heavy atom. The number of benzene rings is 1. The van der Waals surface area contributed by atoms with Gasteiger partial charge in [-0.25, -0.2) is 4.39 Å². The summed E-state index contributed by atoms with van der Waals surface area (Å²) in [4.78, 5) is 11.6. The van der Waals surface area contributed by atoms with E-state index in [1.807, 2.05) is 0 Å². The highest BCUT2D eigenvalue weighted by molar-refractivity contribution is 9.10. The molecule has 1 aromatic carbocycles. The number of carbonyl (C=O) groups is 1. The third-order valence-corrected chi connectivity index (χ3v) is 3.68. The minimum Gasteiger partial charge on any atom is -0.506 e. The molecule has 4 nitrogen and oxygen atoms in total. The van der Waals surface area contributed by atoms with Gasteiger partial charge < -0.3 is 15.6 Å². The molecule has 0 bridgehead atoms. The first-order chi connectivity index (χ1) is 8.23. The molecule has 108 valence electrons. The molecule has 0 fully saturated rings. The second-order valence-corrected chi connectivity index (χ2v) is 5.28. The fourth-order valence-corrected chi connectivity index (χ4v) is 1.95. The molecule has 0 aliphatic heterocycles. The zero-order valence-electron chi connectivity index (χ0n) is 10.7. The molecule has 0 radical (unpaired) electrons. The van der Waals surface area contributed by atoms with Crippen molar-refractivity contribution in [3.05, 3.63) is 28.0 Å². The Balaban J connectivity index is 0.00000324. The van der Waals surface area contributed by atoms with Crippen molar-refractivity contribution in [2.24, 2.45) is 11.1 Å². The highest BCUT2D eigenvalue weighted by Crippen LogP contribution is 2.40. The third-order valence-electron chi connectivity index (χ3n) is 2.92. The molecule has 1 atom stereocenters. The van der Waals surface area contributed by atoms with E-state index >= 15 is 0 Å². The maximum absolute atomic E-state index is 13.2. The van der Waals surface area contributed by atoms with Crippen LogP contribution in [0, 0.1) is 11.2 Å². The number of rotatable bonds is 3. The number of esters is 1. The molecule has 1 rings (SSSR count). The smallest absolute Gasteiger partial charge is 0.313 e. The number of aromatic hydroxyl groups is 1. The van der Waals surface area contributed by atoms with Gasteiger partial charge in [0.15, 0.2) is 0 Å². The van der Waals surface area contributed by atoms with Crippen LogP contribution in [0.5, 0.6) is 5.75 Å². The first-order valence-electron chi connectivity index (χ1n) is 5.24. The molecule has 0 aliphatic rings. The zero-order valence-corrected chi connectivity index (χ0v) is 13.1. The monoisotopic (exact) mass is 355 g/mol. The molecule has 0 aromatic heterocycles. The molecule has 0 aliphatic carbocycles. The van der Waals surface area contributed by atoms with Crippen LogP contribution in [0.2, 0.25) is 0 Å². The molecule has 3 N–H and O–H groups in total. The van der Waals surface area contributed by atoms with E-state index in [4.69, 9.17) is 5.73 Å². The quantitative estimate of drug-likeness (QED) is 0.817. The first kappa shape index (κ1) is 18.1. The second kappa shape index (κ2) is 6.54. The Morgan fingerprint density at radius 1 is 1.53 bits per heavy atom. The molecule has 0 amide bonds. The zero-order chi connectivity index (χ0) is 14.1. The predicted octanol–water partition coefficient (Wildman–Crippen LogP) is 2.91. The summed E-state index contributed by atoms with van der Waals surface area (Å²) in [6, 6.07) is 1.71. The number of carbonyl (C=O) groups excluding carboxylic acids is 1. The van der Waals surface area contributed by atoms with E-state index in [9.17, 15) is 14.3 Å². The summed E-state index contributed by atoms with van der Waals surface area (Å²) in [5, 5.41) is 9.85. The second-order valence-electron chi connectivity index (χ2n) is 4.49. The third kappa shape index (κ3) is 3.38. The lowest BCUT2D eigenvalue weighted by molar-refractivity contribution is -0.152. The van der Waals surface area contributed by atoms with Crippen molar-refractivity contribution in [3.63, 3.8) is 0 Å². The van der Waals surface area contributed by atoms with Gasteiger partial charge in [-0.1, -0.05) is 6.07 Å². The van der Waals surface area contributed by atoms with Crippen molar-refractivity contribution in [1.82, 2.24) is 0 Å². The van der Waals surface area contributed by atoms with E-state index in [2.05, 4.69) is 20.7 Å². The lowest BCUT2D eigenvalue weighted by atomic mass is 9.80. The van der Waals surface area contributed by atoms with E-state index in [0.29, 0.717) is 0 Å². The van der Waals surface area contributed by atoms with Crippen LogP contribution < -0.4 is 5.73 Å². The van der Waals surface area contributed by atoms with E-state index in [0.717, 1.165) is 0 Å². The van der Waals surface area contributed by atoms with Crippen LogP contribution in [0.4, 0.5) is 4.39 Å². The number of methoxy groups -OCH3 is 1. The van der Waals surface area contributed by atoms with Gasteiger partial charge in [-0.3, -0.25) is 4.79 Å². The number of hydrogen-bond acceptors (Lipinski definition) is 4. The normalized spacial score (nSPS) is 12.5.